The van der Waals surface area contributed by atoms with Crippen LogP contribution in [0.4, 0.5) is 0 Å². The topological polar surface area (TPSA) is 32.3 Å². The van der Waals surface area contributed by atoms with Gasteiger partial charge in [-0.1, -0.05) is 23.7 Å². The van der Waals surface area contributed by atoms with Crippen molar-refractivity contribution in [3.8, 4) is 0 Å². The third-order valence-corrected chi connectivity index (χ3v) is 4.05. The van der Waals surface area contributed by atoms with Crippen LogP contribution in [0.3, 0.4) is 0 Å². The predicted molar refractivity (Wildman–Crippen MR) is 78.1 cm³/mol. The lowest BCUT2D eigenvalue weighted by Gasteiger charge is -2.30. The van der Waals surface area contributed by atoms with Crippen molar-refractivity contribution in [3.05, 3.63) is 34.9 Å². The van der Waals surface area contributed by atoms with E-state index in [1.165, 1.54) is 0 Å². The van der Waals surface area contributed by atoms with Gasteiger partial charge in [0.05, 0.1) is 5.41 Å². The van der Waals surface area contributed by atoms with Crippen molar-refractivity contribution >= 4 is 17.5 Å². The summed E-state index contributed by atoms with van der Waals surface area (Å²) in [5.41, 5.74) is 0.825. The number of hydrogen-bond acceptors (Lipinski definition) is 2. The molecule has 1 aliphatic heterocycles. The quantitative estimate of drug-likeness (QED) is 0.920. The zero-order valence-corrected chi connectivity index (χ0v) is 12.3. The van der Waals surface area contributed by atoms with Crippen molar-refractivity contribution in [2.45, 2.75) is 26.8 Å². The number of nitrogens with zero attached hydrogens (tertiary/aromatic N) is 1. The Morgan fingerprint density at radius 2 is 2.32 bits per heavy atom. The summed E-state index contributed by atoms with van der Waals surface area (Å²) in [4.78, 5) is 14.6. The van der Waals surface area contributed by atoms with E-state index < -0.39 is 0 Å². The summed E-state index contributed by atoms with van der Waals surface area (Å²) < 4.78 is 0. The summed E-state index contributed by atoms with van der Waals surface area (Å²) in [7, 11) is 0. The van der Waals surface area contributed by atoms with Gasteiger partial charge in [-0.2, -0.15) is 0 Å². The maximum atomic E-state index is 12.6. The van der Waals surface area contributed by atoms with E-state index in [2.05, 4.69) is 12.2 Å². The average Bonchev–Trinajstić information content (AvgIpc) is 2.83. The van der Waals surface area contributed by atoms with Crippen LogP contribution < -0.4 is 5.32 Å². The zero-order chi connectivity index (χ0) is 13.9. The average molecular weight is 281 g/mol. The van der Waals surface area contributed by atoms with Crippen LogP contribution in [0.1, 0.15) is 25.8 Å². The fourth-order valence-electron chi connectivity index (χ4n) is 2.56. The molecule has 1 saturated heterocycles. The number of carbonyl (C=O) groups excluding carboxylic acids is 1. The van der Waals surface area contributed by atoms with E-state index >= 15 is 0 Å². The van der Waals surface area contributed by atoms with E-state index in [0.29, 0.717) is 6.54 Å². The third kappa shape index (κ3) is 3.28. The summed E-state index contributed by atoms with van der Waals surface area (Å²) in [6.45, 7) is 7.13. The Hall–Kier alpha value is -1.06. The normalized spacial score (nSPS) is 22.5. The van der Waals surface area contributed by atoms with Crippen LogP contribution >= 0.6 is 11.6 Å². The molecule has 0 spiro atoms. The van der Waals surface area contributed by atoms with Crippen LogP contribution in [0, 0.1) is 5.41 Å². The molecule has 0 radical (unpaired) electrons. The van der Waals surface area contributed by atoms with Gasteiger partial charge in [-0.3, -0.25) is 4.79 Å². The van der Waals surface area contributed by atoms with Crippen LogP contribution in [-0.2, 0) is 11.3 Å². The van der Waals surface area contributed by atoms with Gasteiger partial charge in [0.25, 0.3) is 0 Å². The van der Waals surface area contributed by atoms with Gasteiger partial charge < -0.3 is 10.2 Å². The molecule has 3 nitrogen and oxygen atoms in total. The summed E-state index contributed by atoms with van der Waals surface area (Å²) in [6.07, 6.45) is 0.915. The molecule has 0 bridgehead atoms. The van der Waals surface area contributed by atoms with E-state index in [-0.39, 0.29) is 11.3 Å². The van der Waals surface area contributed by atoms with Gasteiger partial charge in [-0.05, 0) is 44.5 Å². The van der Waals surface area contributed by atoms with Gasteiger partial charge >= 0.3 is 0 Å². The van der Waals surface area contributed by atoms with Gasteiger partial charge in [0.2, 0.25) is 5.91 Å². The second-order valence-corrected chi connectivity index (χ2v) is 5.87. The van der Waals surface area contributed by atoms with E-state index in [1.807, 2.05) is 36.1 Å². The number of rotatable bonds is 4. The Bertz CT molecular complexity index is 455. The van der Waals surface area contributed by atoms with Crippen LogP contribution in [0.15, 0.2) is 24.3 Å². The maximum absolute atomic E-state index is 12.6. The lowest BCUT2D eigenvalue weighted by Crippen LogP contribution is -2.43. The molecule has 1 aliphatic rings. The Kier molecular flexibility index (Phi) is 4.48. The first-order chi connectivity index (χ1) is 9.05. The minimum Gasteiger partial charge on any atom is -0.338 e. The van der Waals surface area contributed by atoms with Gasteiger partial charge in [-0.25, -0.2) is 0 Å². The molecule has 1 unspecified atom stereocenters. The molecule has 0 aromatic heterocycles. The summed E-state index contributed by atoms with van der Waals surface area (Å²) in [5, 5.41) is 3.99. The summed E-state index contributed by atoms with van der Waals surface area (Å²) in [6, 6.07) is 7.71. The third-order valence-electron chi connectivity index (χ3n) is 3.82. The van der Waals surface area contributed by atoms with Crippen molar-refractivity contribution in [2.75, 3.05) is 19.6 Å². The minimum atomic E-state index is -0.255. The van der Waals surface area contributed by atoms with Gasteiger partial charge in [0.15, 0.2) is 0 Å². The first-order valence-electron chi connectivity index (χ1n) is 6.80. The minimum absolute atomic E-state index is 0.236. The highest BCUT2D eigenvalue weighted by Crippen LogP contribution is 2.28. The largest absolute Gasteiger partial charge is 0.338 e. The lowest BCUT2D eigenvalue weighted by atomic mass is 9.88. The monoisotopic (exact) mass is 280 g/mol. The molecular weight excluding hydrogens is 260 g/mol. The SMILES string of the molecule is CCN(Cc1cccc(Cl)c1)C(=O)C1(C)CCNC1. The molecule has 1 N–H and O–H groups in total. The van der Waals surface area contributed by atoms with Crippen molar-refractivity contribution in [1.82, 2.24) is 10.2 Å². The van der Waals surface area contributed by atoms with Gasteiger partial charge in [0.1, 0.15) is 0 Å². The van der Waals surface area contributed by atoms with Crippen molar-refractivity contribution in [2.24, 2.45) is 5.41 Å². The summed E-state index contributed by atoms with van der Waals surface area (Å²) >= 11 is 5.99. The molecular formula is C15H21ClN2O. The fourth-order valence-corrected chi connectivity index (χ4v) is 2.78. The Morgan fingerprint density at radius 3 is 2.89 bits per heavy atom. The fraction of sp³-hybridized carbons (Fsp3) is 0.533. The molecule has 104 valence electrons. The first kappa shape index (κ1) is 14.4. The predicted octanol–water partition coefficient (Wildman–Crippen LogP) is 2.69. The molecule has 1 aromatic carbocycles. The number of hydrogen-bond donors (Lipinski definition) is 1. The molecule has 1 fully saturated rings. The van der Waals surface area contributed by atoms with Gasteiger partial charge in [0, 0.05) is 24.7 Å². The van der Waals surface area contributed by atoms with Crippen molar-refractivity contribution in [1.29, 1.82) is 0 Å². The Morgan fingerprint density at radius 1 is 1.53 bits per heavy atom. The number of halogens is 1. The molecule has 4 heteroatoms. The van der Waals surface area contributed by atoms with Crippen LogP contribution in [0.25, 0.3) is 0 Å². The Labute approximate surface area is 119 Å². The van der Waals surface area contributed by atoms with Crippen LogP contribution in [0.5, 0.6) is 0 Å². The highest BCUT2D eigenvalue weighted by atomic mass is 35.5. The molecule has 2 rings (SSSR count). The van der Waals surface area contributed by atoms with E-state index in [1.54, 1.807) is 0 Å². The molecule has 1 atom stereocenters. The Balaban J connectivity index is 2.10. The van der Waals surface area contributed by atoms with Crippen molar-refractivity contribution < 1.29 is 4.79 Å². The second kappa shape index (κ2) is 5.93. The zero-order valence-electron chi connectivity index (χ0n) is 11.6. The van der Waals surface area contributed by atoms with E-state index in [0.717, 1.165) is 36.6 Å². The van der Waals surface area contributed by atoms with Crippen molar-refractivity contribution in [3.63, 3.8) is 0 Å². The maximum Gasteiger partial charge on any atom is 0.230 e. The van der Waals surface area contributed by atoms with Crippen LogP contribution in [-0.4, -0.2) is 30.4 Å². The molecule has 0 saturated carbocycles. The lowest BCUT2D eigenvalue weighted by molar-refractivity contribution is -0.140. The van der Waals surface area contributed by atoms with Gasteiger partial charge in [-0.15, -0.1) is 0 Å². The first-order valence-corrected chi connectivity index (χ1v) is 7.17. The molecule has 1 heterocycles. The van der Waals surface area contributed by atoms with E-state index in [4.69, 9.17) is 11.6 Å². The molecule has 1 aromatic rings. The molecule has 19 heavy (non-hydrogen) atoms. The smallest absolute Gasteiger partial charge is 0.230 e. The molecule has 0 aliphatic carbocycles. The van der Waals surface area contributed by atoms with Crippen LogP contribution in [0.2, 0.25) is 5.02 Å². The highest BCUT2D eigenvalue weighted by molar-refractivity contribution is 6.30. The number of carbonyl (C=O) groups is 1. The van der Waals surface area contributed by atoms with E-state index in [9.17, 15) is 4.79 Å². The standard InChI is InChI=1S/C15H21ClN2O/c1-3-18(10-12-5-4-6-13(16)9-12)14(19)15(2)7-8-17-11-15/h4-6,9,17H,3,7-8,10-11H2,1-2H3. The number of benzene rings is 1. The highest BCUT2D eigenvalue weighted by Gasteiger charge is 2.38. The molecule has 1 amide bonds. The number of amides is 1. The summed E-state index contributed by atoms with van der Waals surface area (Å²) in [5.74, 6) is 0.236. The number of nitrogens with one attached hydrogen (secondary N) is 1. The second-order valence-electron chi connectivity index (χ2n) is 5.44.